The Labute approximate surface area is 126 Å². The van der Waals surface area contributed by atoms with Gasteiger partial charge in [0.15, 0.2) is 0 Å². The van der Waals surface area contributed by atoms with Crippen LogP contribution in [0.1, 0.15) is 46.1 Å². The topological polar surface area (TPSA) is 29.0 Å². The van der Waals surface area contributed by atoms with Crippen LogP contribution in [-0.4, -0.2) is 23.1 Å². The lowest BCUT2D eigenvalue weighted by molar-refractivity contribution is 0.530. The summed E-state index contributed by atoms with van der Waals surface area (Å²) in [6, 6.07) is 0. The fourth-order valence-corrected chi connectivity index (χ4v) is 2.01. The highest BCUT2D eigenvalue weighted by molar-refractivity contribution is 9.08. The molecule has 0 N–H and O–H groups in total. The van der Waals surface area contributed by atoms with E-state index >= 15 is 0 Å². The van der Waals surface area contributed by atoms with Crippen molar-refractivity contribution in [2.75, 3.05) is 18.0 Å². The standard InChI is InChI=1S/C15H26BrN3/c1-12(2)5-7-19(8-6-13(3)4)15-17-10-14(9-16)11-18-15/h10-13H,5-9H2,1-4H3. The van der Waals surface area contributed by atoms with E-state index in [1.54, 1.807) is 0 Å². The third kappa shape index (κ3) is 6.37. The van der Waals surface area contributed by atoms with Gasteiger partial charge in [-0.2, -0.15) is 0 Å². The largest absolute Gasteiger partial charge is 0.341 e. The van der Waals surface area contributed by atoms with Crippen LogP contribution in [0.15, 0.2) is 12.4 Å². The van der Waals surface area contributed by atoms with E-state index in [1.807, 2.05) is 12.4 Å². The maximum Gasteiger partial charge on any atom is 0.225 e. The van der Waals surface area contributed by atoms with Gasteiger partial charge in [-0.3, -0.25) is 0 Å². The zero-order valence-corrected chi connectivity index (χ0v) is 14.2. The molecular formula is C15H26BrN3. The Hall–Kier alpha value is -0.640. The number of hydrogen-bond acceptors (Lipinski definition) is 3. The third-order valence-corrected chi connectivity index (χ3v) is 3.73. The third-order valence-electron chi connectivity index (χ3n) is 3.08. The molecule has 0 aliphatic rings. The van der Waals surface area contributed by atoms with Crippen molar-refractivity contribution < 1.29 is 0 Å². The summed E-state index contributed by atoms with van der Waals surface area (Å²) in [4.78, 5) is 11.3. The molecule has 0 fully saturated rings. The molecule has 0 spiro atoms. The lowest BCUT2D eigenvalue weighted by Gasteiger charge is -2.24. The smallest absolute Gasteiger partial charge is 0.225 e. The molecule has 0 bridgehead atoms. The van der Waals surface area contributed by atoms with E-state index in [1.165, 1.54) is 12.8 Å². The predicted octanol–water partition coefficient (Wildman–Crippen LogP) is 4.27. The van der Waals surface area contributed by atoms with Gasteiger partial charge in [0.1, 0.15) is 0 Å². The second kappa shape index (κ2) is 8.51. The van der Waals surface area contributed by atoms with Gasteiger partial charge in [-0.15, -0.1) is 0 Å². The molecule has 0 aromatic carbocycles. The Bertz CT molecular complexity index is 337. The Morgan fingerprint density at radius 3 is 1.84 bits per heavy atom. The minimum Gasteiger partial charge on any atom is -0.341 e. The molecule has 1 aromatic rings. The molecular weight excluding hydrogens is 302 g/mol. The van der Waals surface area contributed by atoms with E-state index in [9.17, 15) is 0 Å². The normalized spacial score (nSPS) is 11.3. The van der Waals surface area contributed by atoms with Gasteiger partial charge in [-0.05, 0) is 30.2 Å². The summed E-state index contributed by atoms with van der Waals surface area (Å²) in [6.45, 7) is 11.1. The minimum absolute atomic E-state index is 0.711. The summed E-state index contributed by atoms with van der Waals surface area (Å²) in [7, 11) is 0. The van der Waals surface area contributed by atoms with Gasteiger partial charge < -0.3 is 4.90 Å². The zero-order valence-electron chi connectivity index (χ0n) is 12.6. The highest BCUT2D eigenvalue weighted by atomic mass is 79.9. The minimum atomic E-state index is 0.711. The monoisotopic (exact) mass is 327 g/mol. The fraction of sp³-hybridized carbons (Fsp3) is 0.733. The first-order valence-electron chi connectivity index (χ1n) is 7.14. The van der Waals surface area contributed by atoms with Crippen LogP contribution in [0.2, 0.25) is 0 Å². The van der Waals surface area contributed by atoms with E-state index in [2.05, 4.69) is 58.5 Å². The highest BCUT2D eigenvalue weighted by Gasteiger charge is 2.11. The quantitative estimate of drug-likeness (QED) is 0.667. The number of hydrogen-bond donors (Lipinski definition) is 0. The van der Waals surface area contributed by atoms with Crippen molar-refractivity contribution in [2.24, 2.45) is 11.8 Å². The van der Waals surface area contributed by atoms with Gasteiger partial charge >= 0.3 is 0 Å². The number of aromatic nitrogens is 2. The van der Waals surface area contributed by atoms with Crippen molar-refractivity contribution in [3.05, 3.63) is 18.0 Å². The van der Waals surface area contributed by atoms with Gasteiger partial charge in [-0.25, -0.2) is 9.97 Å². The Kier molecular flexibility index (Phi) is 7.36. The molecule has 1 rings (SSSR count). The number of nitrogens with zero attached hydrogens (tertiary/aromatic N) is 3. The van der Waals surface area contributed by atoms with Crippen molar-refractivity contribution in [3.63, 3.8) is 0 Å². The number of halogens is 1. The van der Waals surface area contributed by atoms with E-state index in [0.717, 1.165) is 29.9 Å². The number of alkyl halides is 1. The second-order valence-electron chi connectivity index (χ2n) is 5.88. The van der Waals surface area contributed by atoms with Crippen molar-refractivity contribution in [3.8, 4) is 0 Å². The average molecular weight is 328 g/mol. The van der Waals surface area contributed by atoms with Crippen molar-refractivity contribution in [1.82, 2.24) is 9.97 Å². The molecule has 108 valence electrons. The molecule has 1 heterocycles. The summed E-state index contributed by atoms with van der Waals surface area (Å²) in [5.74, 6) is 2.29. The lowest BCUT2D eigenvalue weighted by atomic mass is 10.1. The molecule has 0 radical (unpaired) electrons. The molecule has 0 unspecified atom stereocenters. The molecule has 0 aliphatic heterocycles. The van der Waals surface area contributed by atoms with E-state index in [-0.39, 0.29) is 0 Å². The van der Waals surface area contributed by atoms with Crippen molar-refractivity contribution in [1.29, 1.82) is 0 Å². The van der Waals surface area contributed by atoms with Crippen LogP contribution < -0.4 is 4.90 Å². The van der Waals surface area contributed by atoms with Crippen LogP contribution >= 0.6 is 15.9 Å². The lowest BCUT2D eigenvalue weighted by Crippen LogP contribution is -2.29. The molecule has 0 atom stereocenters. The highest BCUT2D eigenvalue weighted by Crippen LogP contribution is 2.13. The van der Waals surface area contributed by atoms with Crippen LogP contribution in [0.4, 0.5) is 5.95 Å². The summed E-state index contributed by atoms with van der Waals surface area (Å²) >= 11 is 3.43. The van der Waals surface area contributed by atoms with Crippen LogP contribution in [0.3, 0.4) is 0 Å². The van der Waals surface area contributed by atoms with Gasteiger partial charge in [0.05, 0.1) is 0 Å². The maximum atomic E-state index is 4.49. The van der Waals surface area contributed by atoms with E-state index in [0.29, 0.717) is 11.8 Å². The first-order valence-corrected chi connectivity index (χ1v) is 8.27. The van der Waals surface area contributed by atoms with Crippen LogP contribution in [0.5, 0.6) is 0 Å². The molecule has 3 nitrogen and oxygen atoms in total. The molecule has 0 saturated carbocycles. The van der Waals surface area contributed by atoms with E-state index < -0.39 is 0 Å². The predicted molar refractivity (Wildman–Crippen MR) is 85.8 cm³/mol. The van der Waals surface area contributed by atoms with Crippen molar-refractivity contribution in [2.45, 2.75) is 45.9 Å². The Morgan fingerprint density at radius 2 is 1.47 bits per heavy atom. The van der Waals surface area contributed by atoms with Gasteiger partial charge in [0, 0.05) is 30.8 Å². The van der Waals surface area contributed by atoms with Gasteiger partial charge in [-0.1, -0.05) is 43.6 Å². The fourth-order valence-electron chi connectivity index (χ4n) is 1.72. The molecule has 0 amide bonds. The maximum absolute atomic E-state index is 4.49. The van der Waals surface area contributed by atoms with E-state index in [4.69, 9.17) is 0 Å². The first-order chi connectivity index (χ1) is 9.02. The van der Waals surface area contributed by atoms with Crippen LogP contribution in [0, 0.1) is 11.8 Å². The summed E-state index contributed by atoms with van der Waals surface area (Å²) in [5, 5.41) is 0.811. The summed E-state index contributed by atoms with van der Waals surface area (Å²) in [5.41, 5.74) is 1.12. The zero-order chi connectivity index (χ0) is 14.3. The molecule has 1 aromatic heterocycles. The Balaban J connectivity index is 2.69. The SMILES string of the molecule is CC(C)CCN(CCC(C)C)c1ncc(CBr)cn1. The van der Waals surface area contributed by atoms with Crippen molar-refractivity contribution >= 4 is 21.9 Å². The van der Waals surface area contributed by atoms with Gasteiger partial charge in [0.25, 0.3) is 0 Å². The molecule has 0 saturated heterocycles. The average Bonchev–Trinajstić information content (AvgIpc) is 2.38. The Morgan fingerprint density at radius 1 is 1.00 bits per heavy atom. The number of anilines is 1. The second-order valence-corrected chi connectivity index (χ2v) is 6.44. The molecule has 0 aliphatic carbocycles. The summed E-state index contributed by atoms with van der Waals surface area (Å²) < 4.78 is 0. The first kappa shape index (κ1) is 16.4. The summed E-state index contributed by atoms with van der Waals surface area (Å²) in [6.07, 6.45) is 6.19. The molecule has 4 heteroatoms. The van der Waals surface area contributed by atoms with Crippen LogP contribution in [0.25, 0.3) is 0 Å². The number of rotatable bonds is 8. The molecule has 19 heavy (non-hydrogen) atoms. The van der Waals surface area contributed by atoms with Gasteiger partial charge in [0.2, 0.25) is 5.95 Å². The van der Waals surface area contributed by atoms with Crippen LogP contribution in [-0.2, 0) is 5.33 Å².